The van der Waals surface area contributed by atoms with E-state index in [2.05, 4.69) is 46.3 Å². The van der Waals surface area contributed by atoms with Crippen LogP contribution in [0.3, 0.4) is 0 Å². The maximum absolute atomic E-state index is 12.1. The Morgan fingerprint density at radius 1 is 1.00 bits per heavy atom. The van der Waals surface area contributed by atoms with E-state index in [-0.39, 0.29) is 16.7 Å². The summed E-state index contributed by atoms with van der Waals surface area (Å²) in [5.74, 6) is 0.265. The predicted octanol–water partition coefficient (Wildman–Crippen LogP) is 3.70. The van der Waals surface area contributed by atoms with Crippen LogP contribution in [-0.2, 0) is 10.0 Å². The van der Waals surface area contributed by atoms with Crippen molar-refractivity contribution in [3.8, 4) is 0 Å². The zero-order valence-electron chi connectivity index (χ0n) is 13.5. The number of hydrogen-bond donors (Lipinski definition) is 1. The molecular weight excluding hydrogens is 258 g/mol. The molecule has 0 radical (unpaired) electrons. The molecule has 0 bridgehead atoms. The zero-order chi connectivity index (χ0) is 14.9. The Kier molecular flexibility index (Phi) is 4.79. The molecule has 0 unspecified atom stereocenters. The topological polar surface area (TPSA) is 46.2 Å². The van der Waals surface area contributed by atoms with Crippen molar-refractivity contribution in [2.45, 2.75) is 79.2 Å². The molecule has 0 saturated heterocycles. The van der Waals surface area contributed by atoms with Crippen LogP contribution in [0.1, 0.15) is 73.6 Å². The molecule has 0 aromatic carbocycles. The van der Waals surface area contributed by atoms with E-state index in [0.717, 1.165) is 32.1 Å². The normalized spacial score (nSPS) is 19.5. The van der Waals surface area contributed by atoms with Gasteiger partial charge in [0.05, 0.1) is 5.75 Å². The smallest absolute Gasteiger partial charge is 0.212 e. The average Bonchev–Trinajstić information content (AvgIpc) is 2.90. The molecule has 1 aliphatic carbocycles. The van der Waals surface area contributed by atoms with Crippen LogP contribution < -0.4 is 4.72 Å². The molecule has 4 heteroatoms. The second kappa shape index (κ2) is 5.36. The summed E-state index contributed by atoms with van der Waals surface area (Å²) in [4.78, 5) is 0. The Morgan fingerprint density at radius 2 is 1.53 bits per heavy atom. The molecule has 1 N–H and O–H groups in total. The highest BCUT2D eigenvalue weighted by Crippen LogP contribution is 2.50. The van der Waals surface area contributed by atoms with Gasteiger partial charge in [0.25, 0.3) is 0 Å². The van der Waals surface area contributed by atoms with E-state index in [0.29, 0.717) is 5.41 Å². The second-order valence-electron chi connectivity index (χ2n) is 8.27. The second-order valence-corrected chi connectivity index (χ2v) is 10.1. The molecule has 0 spiro atoms. The Labute approximate surface area is 119 Å². The maximum atomic E-state index is 12.1. The number of nitrogens with one attached hydrogen (secondary N) is 1. The fourth-order valence-electron chi connectivity index (χ4n) is 2.43. The van der Waals surface area contributed by atoms with Gasteiger partial charge >= 0.3 is 0 Å². The highest BCUT2D eigenvalue weighted by Gasteiger charge is 2.53. The van der Waals surface area contributed by atoms with Crippen molar-refractivity contribution >= 4 is 10.0 Å². The van der Waals surface area contributed by atoms with Gasteiger partial charge < -0.3 is 0 Å². The number of sulfonamides is 1. The molecule has 1 fully saturated rings. The van der Waals surface area contributed by atoms with Gasteiger partial charge in [0.15, 0.2) is 0 Å². The van der Waals surface area contributed by atoms with Crippen molar-refractivity contribution in [2.24, 2.45) is 10.8 Å². The van der Waals surface area contributed by atoms with Crippen LogP contribution in [0.25, 0.3) is 0 Å². The summed E-state index contributed by atoms with van der Waals surface area (Å²) in [6.07, 6.45) is 4.75. The third kappa shape index (κ3) is 5.42. The van der Waals surface area contributed by atoms with E-state index < -0.39 is 10.0 Å². The van der Waals surface area contributed by atoms with Gasteiger partial charge in [0.1, 0.15) is 0 Å². The van der Waals surface area contributed by atoms with Crippen molar-refractivity contribution in [1.29, 1.82) is 0 Å². The summed E-state index contributed by atoms with van der Waals surface area (Å²) >= 11 is 0. The standard InChI is InChI=1S/C15H31NO2S/c1-13(2,3)9-7-8-12-19(17,18)16-15(10-11-15)14(4,5)6/h16H,7-12H2,1-6H3. The minimum Gasteiger partial charge on any atom is -0.212 e. The average molecular weight is 289 g/mol. The molecule has 0 aromatic rings. The summed E-state index contributed by atoms with van der Waals surface area (Å²) < 4.78 is 27.2. The molecule has 114 valence electrons. The van der Waals surface area contributed by atoms with Crippen molar-refractivity contribution < 1.29 is 8.42 Å². The lowest BCUT2D eigenvalue weighted by Crippen LogP contribution is -2.46. The molecule has 19 heavy (non-hydrogen) atoms. The van der Waals surface area contributed by atoms with Crippen LogP contribution in [0.2, 0.25) is 0 Å². The van der Waals surface area contributed by atoms with E-state index in [9.17, 15) is 8.42 Å². The van der Waals surface area contributed by atoms with Gasteiger partial charge in [-0.15, -0.1) is 0 Å². The number of unbranched alkanes of at least 4 members (excludes halogenated alkanes) is 1. The van der Waals surface area contributed by atoms with Crippen molar-refractivity contribution in [2.75, 3.05) is 5.75 Å². The molecule has 0 aliphatic heterocycles. The SMILES string of the molecule is CC(C)(C)CCCCS(=O)(=O)NC1(C(C)(C)C)CC1. The number of rotatable bonds is 6. The van der Waals surface area contributed by atoms with E-state index in [1.807, 2.05) is 0 Å². The van der Waals surface area contributed by atoms with Crippen LogP contribution in [-0.4, -0.2) is 19.7 Å². The molecule has 0 amide bonds. The first-order valence-corrected chi connectivity index (χ1v) is 9.04. The van der Waals surface area contributed by atoms with E-state index >= 15 is 0 Å². The Morgan fingerprint density at radius 3 is 1.89 bits per heavy atom. The Bertz CT molecular complexity index is 395. The lowest BCUT2D eigenvalue weighted by atomic mass is 9.85. The first-order chi connectivity index (χ1) is 8.37. The van der Waals surface area contributed by atoms with Crippen molar-refractivity contribution in [3.63, 3.8) is 0 Å². The fourth-order valence-corrected chi connectivity index (χ4v) is 4.22. The lowest BCUT2D eigenvalue weighted by molar-refractivity contribution is 0.278. The van der Waals surface area contributed by atoms with E-state index in [4.69, 9.17) is 0 Å². The Hall–Kier alpha value is -0.0900. The van der Waals surface area contributed by atoms with Crippen molar-refractivity contribution in [3.05, 3.63) is 0 Å². The first-order valence-electron chi connectivity index (χ1n) is 7.39. The fraction of sp³-hybridized carbons (Fsp3) is 1.00. The number of hydrogen-bond acceptors (Lipinski definition) is 2. The lowest BCUT2D eigenvalue weighted by Gasteiger charge is -2.31. The monoisotopic (exact) mass is 289 g/mol. The van der Waals surface area contributed by atoms with Crippen LogP contribution in [0, 0.1) is 10.8 Å². The van der Waals surface area contributed by atoms with Gasteiger partial charge in [-0.1, -0.05) is 48.0 Å². The van der Waals surface area contributed by atoms with Gasteiger partial charge in [-0.25, -0.2) is 13.1 Å². The largest absolute Gasteiger partial charge is 0.212 e. The molecule has 1 saturated carbocycles. The summed E-state index contributed by atoms with van der Waals surface area (Å²) in [5, 5.41) is 0. The van der Waals surface area contributed by atoms with Crippen LogP contribution in [0.5, 0.6) is 0 Å². The summed E-state index contributed by atoms with van der Waals surface area (Å²) in [5.41, 5.74) is 0.113. The minimum absolute atomic E-state index is 0.00544. The third-order valence-corrected chi connectivity index (χ3v) is 5.65. The molecular formula is C15H31NO2S. The minimum atomic E-state index is -3.13. The quantitative estimate of drug-likeness (QED) is 0.758. The highest BCUT2D eigenvalue weighted by molar-refractivity contribution is 7.89. The maximum Gasteiger partial charge on any atom is 0.212 e. The Balaban J connectivity index is 2.42. The molecule has 1 aliphatic rings. The van der Waals surface area contributed by atoms with E-state index in [1.54, 1.807) is 0 Å². The van der Waals surface area contributed by atoms with Gasteiger partial charge in [-0.2, -0.15) is 0 Å². The van der Waals surface area contributed by atoms with Crippen LogP contribution in [0.4, 0.5) is 0 Å². The molecule has 0 atom stereocenters. The van der Waals surface area contributed by atoms with Crippen LogP contribution in [0.15, 0.2) is 0 Å². The van der Waals surface area contributed by atoms with Crippen molar-refractivity contribution in [1.82, 2.24) is 4.72 Å². The highest BCUT2D eigenvalue weighted by atomic mass is 32.2. The summed E-state index contributed by atoms with van der Waals surface area (Å²) in [6, 6.07) is 0. The predicted molar refractivity (Wildman–Crippen MR) is 81.6 cm³/mol. The molecule has 1 rings (SSSR count). The molecule has 3 nitrogen and oxygen atoms in total. The first kappa shape index (κ1) is 17.0. The third-order valence-electron chi connectivity index (χ3n) is 4.13. The summed E-state index contributed by atoms with van der Waals surface area (Å²) in [7, 11) is -3.13. The molecule has 0 heterocycles. The van der Waals surface area contributed by atoms with Crippen LogP contribution >= 0.6 is 0 Å². The van der Waals surface area contributed by atoms with Gasteiger partial charge in [0.2, 0.25) is 10.0 Å². The molecule has 0 aromatic heterocycles. The summed E-state index contributed by atoms with van der Waals surface area (Å²) in [6.45, 7) is 12.9. The van der Waals surface area contributed by atoms with Gasteiger partial charge in [0, 0.05) is 5.54 Å². The zero-order valence-corrected chi connectivity index (χ0v) is 14.3. The van der Waals surface area contributed by atoms with E-state index in [1.165, 1.54) is 0 Å². The van der Waals surface area contributed by atoms with Gasteiger partial charge in [-0.05, 0) is 36.5 Å². The van der Waals surface area contributed by atoms with Gasteiger partial charge in [-0.3, -0.25) is 0 Å².